The van der Waals surface area contributed by atoms with Crippen molar-refractivity contribution in [3.05, 3.63) is 29.3 Å². The minimum Gasteiger partial charge on any atom is -0.489 e. The molecular formula is C20H34ClIN4O2. The Morgan fingerprint density at radius 1 is 1.29 bits per heavy atom. The second-order valence-corrected chi connectivity index (χ2v) is 7.29. The third kappa shape index (κ3) is 9.62. The van der Waals surface area contributed by atoms with Gasteiger partial charge in [-0.2, -0.15) is 0 Å². The van der Waals surface area contributed by atoms with E-state index in [0.29, 0.717) is 17.6 Å². The molecule has 1 heterocycles. The summed E-state index contributed by atoms with van der Waals surface area (Å²) in [6, 6.07) is 7.87. The van der Waals surface area contributed by atoms with Gasteiger partial charge in [0, 0.05) is 44.4 Å². The second kappa shape index (κ2) is 14.3. The fourth-order valence-electron chi connectivity index (χ4n) is 3.04. The molecule has 1 aliphatic rings. The Morgan fingerprint density at radius 3 is 2.57 bits per heavy atom. The lowest BCUT2D eigenvalue weighted by Gasteiger charge is -2.32. The molecule has 0 radical (unpaired) electrons. The molecule has 1 saturated heterocycles. The zero-order valence-electron chi connectivity index (χ0n) is 17.1. The van der Waals surface area contributed by atoms with E-state index in [1.165, 1.54) is 0 Å². The van der Waals surface area contributed by atoms with Crippen LogP contribution in [0.2, 0.25) is 5.02 Å². The standard InChI is InChI=1S/C20H33ClN4O2.HI/c1-4-22-20(24-18-9-11-25(12-10-18)13-14-26-3)23-15-16(2)27-19-7-5-17(21)6-8-19;/h5-8,16,18H,4,9-15H2,1-3H3,(H2,22,23,24);1H. The van der Waals surface area contributed by atoms with Crippen molar-refractivity contribution in [2.75, 3.05) is 46.4 Å². The summed E-state index contributed by atoms with van der Waals surface area (Å²) in [6.45, 7) is 9.53. The molecule has 0 aromatic heterocycles. The maximum atomic E-state index is 5.91. The smallest absolute Gasteiger partial charge is 0.191 e. The topological polar surface area (TPSA) is 58.1 Å². The molecule has 2 N–H and O–H groups in total. The first kappa shape index (κ1) is 25.3. The van der Waals surface area contributed by atoms with Crippen molar-refractivity contribution in [2.24, 2.45) is 4.99 Å². The van der Waals surface area contributed by atoms with Gasteiger partial charge in [0.25, 0.3) is 0 Å². The van der Waals surface area contributed by atoms with E-state index < -0.39 is 0 Å². The highest BCUT2D eigenvalue weighted by molar-refractivity contribution is 14.0. The molecule has 8 heteroatoms. The molecule has 28 heavy (non-hydrogen) atoms. The van der Waals surface area contributed by atoms with Gasteiger partial charge in [-0.15, -0.1) is 24.0 Å². The van der Waals surface area contributed by atoms with Crippen LogP contribution in [-0.2, 0) is 4.74 Å². The van der Waals surface area contributed by atoms with E-state index in [4.69, 9.17) is 26.1 Å². The monoisotopic (exact) mass is 524 g/mol. The number of hydrogen-bond acceptors (Lipinski definition) is 4. The molecular weight excluding hydrogens is 491 g/mol. The Bertz CT molecular complexity index is 566. The summed E-state index contributed by atoms with van der Waals surface area (Å²) < 4.78 is 11.1. The summed E-state index contributed by atoms with van der Waals surface area (Å²) >= 11 is 5.91. The number of likely N-dealkylation sites (tertiary alicyclic amines) is 1. The lowest BCUT2D eigenvalue weighted by atomic mass is 10.1. The zero-order chi connectivity index (χ0) is 19.5. The molecule has 0 bridgehead atoms. The normalized spacial score (nSPS) is 16.9. The predicted molar refractivity (Wildman–Crippen MR) is 127 cm³/mol. The lowest BCUT2D eigenvalue weighted by Crippen LogP contribution is -2.49. The van der Waals surface area contributed by atoms with Crippen molar-refractivity contribution in [3.8, 4) is 5.75 Å². The lowest BCUT2D eigenvalue weighted by molar-refractivity contribution is 0.128. The van der Waals surface area contributed by atoms with E-state index in [1.54, 1.807) is 7.11 Å². The van der Waals surface area contributed by atoms with Crippen LogP contribution >= 0.6 is 35.6 Å². The van der Waals surface area contributed by atoms with E-state index in [1.807, 2.05) is 31.2 Å². The van der Waals surface area contributed by atoms with Gasteiger partial charge in [0.1, 0.15) is 11.9 Å². The van der Waals surface area contributed by atoms with E-state index in [0.717, 1.165) is 57.3 Å². The number of methoxy groups -OCH3 is 1. The molecule has 160 valence electrons. The van der Waals surface area contributed by atoms with Crippen molar-refractivity contribution in [1.82, 2.24) is 15.5 Å². The average molecular weight is 525 g/mol. The summed E-state index contributed by atoms with van der Waals surface area (Å²) in [5, 5.41) is 7.61. The molecule has 2 rings (SSSR count). The molecule has 0 amide bonds. The third-order valence-electron chi connectivity index (χ3n) is 4.54. The summed E-state index contributed by atoms with van der Waals surface area (Å²) in [6.07, 6.45) is 2.22. The van der Waals surface area contributed by atoms with Gasteiger partial charge in [0.15, 0.2) is 5.96 Å². The molecule has 1 aromatic rings. The van der Waals surface area contributed by atoms with Gasteiger partial charge in [-0.1, -0.05) is 11.6 Å². The summed E-state index contributed by atoms with van der Waals surface area (Å²) in [7, 11) is 1.76. The Hall–Kier alpha value is -0.770. The summed E-state index contributed by atoms with van der Waals surface area (Å²) in [5.74, 6) is 1.67. The molecule has 1 aromatic carbocycles. The molecule has 6 nitrogen and oxygen atoms in total. The van der Waals surface area contributed by atoms with Crippen LogP contribution in [0.25, 0.3) is 0 Å². The Morgan fingerprint density at radius 2 is 1.96 bits per heavy atom. The van der Waals surface area contributed by atoms with E-state index in [-0.39, 0.29) is 30.1 Å². The van der Waals surface area contributed by atoms with Gasteiger partial charge in [-0.25, -0.2) is 4.99 Å². The first-order chi connectivity index (χ1) is 13.1. The van der Waals surface area contributed by atoms with Crippen molar-refractivity contribution in [3.63, 3.8) is 0 Å². The number of hydrogen-bond donors (Lipinski definition) is 2. The first-order valence-corrected chi connectivity index (χ1v) is 10.2. The molecule has 1 unspecified atom stereocenters. The number of halogens is 2. The number of benzene rings is 1. The quantitative estimate of drug-likeness (QED) is 0.295. The highest BCUT2D eigenvalue weighted by Gasteiger charge is 2.19. The summed E-state index contributed by atoms with van der Waals surface area (Å²) in [4.78, 5) is 7.15. The van der Waals surface area contributed by atoms with Crippen LogP contribution in [0, 0.1) is 0 Å². The largest absolute Gasteiger partial charge is 0.489 e. The number of guanidine groups is 1. The summed E-state index contributed by atoms with van der Waals surface area (Å²) in [5.41, 5.74) is 0. The Kier molecular flexibility index (Phi) is 12.9. The van der Waals surface area contributed by atoms with Gasteiger partial charge >= 0.3 is 0 Å². The fourth-order valence-corrected chi connectivity index (χ4v) is 3.16. The van der Waals surface area contributed by atoms with Gasteiger partial charge < -0.3 is 25.0 Å². The van der Waals surface area contributed by atoms with Crippen molar-refractivity contribution < 1.29 is 9.47 Å². The molecule has 0 saturated carbocycles. The van der Waals surface area contributed by atoms with Crippen LogP contribution in [0.15, 0.2) is 29.3 Å². The van der Waals surface area contributed by atoms with Crippen LogP contribution in [0.3, 0.4) is 0 Å². The minimum atomic E-state index is -0.0162. The molecule has 1 atom stereocenters. The highest BCUT2D eigenvalue weighted by Crippen LogP contribution is 2.17. The van der Waals surface area contributed by atoms with Crippen LogP contribution in [0.1, 0.15) is 26.7 Å². The predicted octanol–water partition coefficient (Wildman–Crippen LogP) is 3.39. The third-order valence-corrected chi connectivity index (χ3v) is 4.79. The van der Waals surface area contributed by atoms with Crippen LogP contribution < -0.4 is 15.4 Å². The van der Waals surface area contributed by atoms with Crippen molar-refractivity contribution in [2.45, 2.75) is 38.8 Å². The molecule has 1 aliphatic heterocycles. The number of nitrogens with one attached hydrogen (secondary N) is 2. The van der Waals surface area contributed by atoms with E-state index in [9.17, 15) is 0 Å². The number of ether oxygens (including phenoxy) is 2. The minimum absolute atomic E-state index is 0. The fraction of sp³-hybridized carbons (Fsp3) is 0.650. The molecule has 0 aliphatic carbocycles. The van der Waals surface area contributed by atoms with Crippen molar-refractivity contribution in [1.29, 1.82) is 0 Å². The van der Waals surface area contributed by atoms with Crippen LogP contribution in [0.4, 0.5) is 0 Å². The molecule has 0 spiro atoms. The van der Waals surface area contributed by atoms with Gasteiger partial charge in [0.05, 0.1) is 13.2 Å². The number of aliphatic imine (C=N–C) groups is 1. The van der Waals surface area contributed by atoms with Crippen LogP contribution in [0.5, 0.6) is 5.75 Å². The first-order valence-electron chi connectivity index (χ1n) is 9.79. The number of piperidine rings is 1. The van der Waals surface area contributed by atoms with E-state index in [2.05, 4.69) is 22.5 Å². The highest BCUT2D eigenvalue weighted by atomic mass is 127. The second-order valence-electron chi connectivity index (χ2n) is 6.86. The van der Waals surface area contributed by atoms with Crippen molar-refractivity contribution >= 4 is 41.5 Å². The number of nitrogens with zero attached hydrogens (tertiary/aromatic N) is 2. The average Bonchev–Trinajstić information content (AvgIpc) is 2.67. The van der Waals surface area contributed by atoms with Gasteiger partial charge in [-0.05, 0) is 51.0 Å². The molecule has 1 fully saturated rings. The maximum absolute atomic E-state index is 5.91. The Labute approximate surface area is 191 Å². The van der Waals surface area contributed by atoms with Crippen LogP contribution in [-0.4, -0.2) is 69.4 Å². The SMILES string of the molecule is CCNC(=NCC(C)Oc1ccc(Cl)cc1)NC1CCN(CCOC)CC1.I. The van der Waals surface area contributed by atoms with Gasteiger partial charge in [0.2, 0.25) is 0 Å². The number of rotatable bonds is 9. The maximum Gasteiger partial charge on any atom is 0.191 e. The zero-order valence-corrected chi connectivity index (χ0v) is 20.2. The Balaban J connectivity index is 0.00000392. The van der Waals surface area contributed by atoms with E-state index >= 15 is 0 Å². The van der Waals surface area contributed by atoms with Gasteiger partial charge in [-0.3, -0.25) is 0 Å².